The van der Waals surface area contributed by atoms with Crippen molar-refractivity contribution < 1.29 is 13.5 Å². The van der Waals surface area contributed by atoms with Crippen LogP contribution in [0.25, 0.3) is 0 Å². The highest BCUT2D eigenvalue weighted by Gasteiger charge is 2.17. The Balaban J connectivity index is 2.70. The number of halogens is 2. The van der Waals surface area contributed by atoms with E-state index in [0.29, 0.717) is 18.6 Å². The van der Waals surface area contributed by atoms with E-state index in [-0.39, 0.29) is 11.6 Å². The molecule has 1 aromatic carbocycles. The summed E-state index contributed by atoms with van der Waals surface area (Å²) in [6.45, 7) is 9.12. The Morgan fingerprint density at radius 3 is 2.53 bits per heavy atom. The van der Waals surface area contributed by atoms with Crippen LogP contribution in [0.5, 0.6) is 0 Å². The topological polar surface area (TPSA) is 21.3 Å². The lowest BCUT2D eigenvalue weighted by Crippen LogP contribution is -2.38. The standard InChI is InChI=1S/C15H23F2NO/c1-5-18-12(10-19-15(2,3)4)9-11-7-6-8-13(16)14(11)17/h6-8,12,18H,5,9-10H2,1-4H3. The summed E-state index contributed by atoms with van der Waals surface area (Å²) in [5.74, 6) is -1.56. The van der Waals surface area contributed by atoms with Gasteiger partial charge < -0.3 is 10.1 Å². The van der Waals surface area contributed by atoms with Gasteiger partial charge in [-0.2, -0.15) is 0 Å². The van der Waals surface area contributed by atoms with Crippen molar-refractivity contribution in [3.8, 4) is 0 Å². The molecule has 0 fully saturated rings. The molecule has 0 spiro atoms. The highest BCUT2D eigenvalue weighted by molar-refractivity contribution is 5.20. The summed E-state index contributed by atoms with van der Waals surface area (Å²) in [5, 5.41) is 3.24. The van der Waals surface area contributed by atoms with E-state index in [1.807, 2.05) is 27.7 Å². The highest BCUT2D eigenvalue weighted by Crippen LogP contribution is 2.15. The summed E-state index contributed by atoms with van der Waals surface area (Å²) in [7, 11) is 0. The molecular formula is C15H23F2NO. The second-order valence-corrected chi connectivity index (χ2v) is 5.60. The van der Waals surface area contributed by atoms with Crippen LogP contribution in [0.3, 0.4) is 0 Å². The zero-order chi connectivity index (χ0) is 14.5. The van der Waals surface area contributed by atoms with Crippen molar-refractivity contribution in [1.29, 1.82) is 0 Å². The second kappa shape index (κ2) is 6.96. The average molecular weight is 271 g/mol. The van der Waals surface area contributed by atoms with E-state index < -0.39 is 11.6 Å². The SMILES string of the molecule is CCNC(COC(C)(C)C)Cc1cccc(F)c1F. The van der Waals surface area contributed by atoms with Crippen LogP contribution >= 0.6 is 0 Å². The fourth-order valence-corrected chi connectivity index (χ4v) is 1.80. The molecule has 1 aromatic rings. The molecule has 1 N–H and O–H groups in total. The molecule has 1 atom stereocenters. The summed E-state index contributed by atoms with van der Waals surface area (Å²) in [6.07, 6.45) is 0.410. The number of hydrogen-bond acceptors (Lipinski definition) is 2. The van der Waals surface area contributed by atoms with Gasteiger partial charge >= 0.3 is 0 Å². The molecule has 0 radical (unpaired) electrons. The Hall–Kier alpha value is -1.00. The third kappa shape index (κ3) is 5.66. The van der Waals surface area contributed by atoms with Crippen molar-refractivity contribution in [1.82, 2.24) is 5.32 Å². The molecule has 0 aliphatic heterocycles. The smallest absolute Gasteiger partial charge is 0.162 e. The Bertz CT molecular complexity index is 402. The molecule has 4 heteroatoms. The minimum absolute atomic E-state index is 0.0273. The van der Waals surface area contributed by atoms with Crippen LogP contribution in [-0.4, -0.2) is 24.8 Å². The number of benzene rings is 1. The second-order valence-electron chi connectivity index (χ2n) is 5.60. The molecule has 0 saturated heterocycles. The molecule has 0 aliphatic rings. The quantitative estimate of drug-likeness (QED) is 0.857. The van der Waals surface area contributed by atoms with Gasteiger partial charge in [0.1, 0.15) is 0 Å². The zero-order valence-corrected chi connectivity index (χ0v) is 12.1. The number of hydrogen-bond donors (Lipinski definition) is 1. The number of rotatable bonds is 6. The fraction of sp³-hybridized carbons (Fsp3) is 0.600. The maximum absolute atomic E-state index is 13.6. The first-order valence-electron chi connectivity index (χ1n) is 6.63. The lowest BCUT2D eigenvalue weighted by Gasteiger charge is -2.25. The van der Waals surface area contributed by atoms with Crippen molar-refractivity contribution in [3.63, 3.8) is 0 Å². The third-order valence-electron chi connectivity index (χ3n) is 2.71. The normalized spacial score (nSPS) is 13.6. The Kier molecular flexibility index (Phi) is 5.88. The number of likely N-dealkylation sites (N-methyl/N-ethyl adjacent to an activating group) is 1. The summed E-state index contributed by atoms with van der Waals surface area (Å²) in [4.78, 5) is 0. The van der Waals surface area contributed by atoms with Gasteiger partial charge in [-0.15, -0.1) is 0 Å². The third-order valence-corrected chi connectivity index (χ3v) is 2.71. The van der Waals surface area contributed by atoms with Crippen LogP contribution in [0.15, 0.2) is 18.2 Å². The Morgan fingerprint density at radius 2 is 1.95 bits per heavy atom. The van der Waals surface area contributed by atoms with Gasteiger partial charge in [0.15, 0.2) is 11.6 Å². The molecule has 0 heterocycles. The summed E-state index contributed by atoms with van der Waals surface area (Å²) >= 11 is 0. The molecule has 19 heavy (non-hydrogen) atoms. The number of nitrogens with one attached hydrogen (secondary N) is 1. The van der Waals surface area contributed by atoms with Gasteiger partial charge in [-0.25, -0.2) is 8.78 Å². The summed E-state index contributed by atoms with van der Waals surface area (Å²) in [5.41, 5.74) is 0.136. The lowest BCUT2D eigenvalue weighted by molar-refractivity contribution is -0.0142. The maximum atomic E-state index is 13.6. The highest BCUT2D eigenvalue weighted by atomic mass is 19.2. The van der Waals surface area contributed by atoms with Gasteiger partial charge in [-0.1, -0.05) is 19.1 Å². The van der Waals surface area contributed by atoms with Crippen molar-refractivity contribution in [2.45, 2.75) is 45.8 Å². The fourth-order valence-electron chi connectivity index (χ4n) is 1.80. The molecule has 0 bridgehead atoms. The first-order chi connectivity index (χ1) is 8.83. The average Bonchev–Trinajstić information content (AvgIpc) is 2.31. The van der Waals surface area contributed by atoms with Crippen LogP contribution in [-0.2, 0) is 11.2 Å². The molecule has 1 rings (SSSR count). The van der Waals surface area contributed by atoms with E-state index in [9.17, 15) is 8.78 Å². The van der Waals surface area contributed by atoms with Gasteiger partial charge in [0.25, 0.3) is 0 Å². The monoisotopic (exact) mass is 271 g/mol. The van der Waals surface area contributed by atoms with Gasteiger partial charge in [-0.05, 0) is 45.4 Å². The molecular weight excluding hydrogens is 248 g/mol. The molecule has 1 unspecified atom stereocenters. The number of ether oxygens (including phenoxy) is 1. The molecule has 0 aromatic heterocycles. The Labute approximate surface area is 114 Å². The van der Waals surface area contributed by atoms with E-state index >= 15 is 0 Å². The lowest BCUT2D eigenvalue weighted by atomic mass is 10.1. The van der Waals surface area contributed by atoms with E-state index in [1.54, 1.807) is 6.07 Å². The van der Waals surface area contributed by atoms with Gasteiger partial charge in [0.05, 0.1) is 12.2 Å². The van der Waals surface area contributed by atoms with Crippen molar-refractivity contribution in [2.24, 2.45) is 0 Å². The largest absolute Gasteiger partial charge is 0.374 e. The van der Waals surface area contributed by atoms with Crippen molar-refractivity contribution in [2.75, 3.05) is 13.2 Å². The van der Waals surface area contributed by atoms with Gasteiger partial charge in [0, 0.05) is 6.04 Å². The molecule has 0 aliphatic carbocycles. The molecule has 108 valence electrons. The summed E-state index contributed by atoms with van der Waals surface area (Å²) in [6, 6.07) is 4.24. The minimum Gasteiger partial charge on any atom is -0.374 e. The zero-order valence-electron chi connectivity index (χ0n) is 12.1. The first-order valence-corrected chi connectivity index (χ1v) is 6.63. The van der Waals surface area contributed by atoms with Crippen LogP contribution in [0.1, 0.15) is 33.3 Å². The van der Waals surface area contributed by atoms with E-state index in [1.165, 1.54) is 6.07 Å². The predicted molar refractivity (Wildman–Crippen MR) is 73.2 cm³/mol. The van der Waals surface area contributed by atoms with Gasteiger partial charge in [0.2, 0.25) is 0 Å². The molecule has 0 saturated carbocycles. The minimum atomic E-state index is -0.801. The van der Waals surface area contributed by atoms with E-state index in [2.05, 4.69) is 5.32 Å². The Morgan fingerprint density at radius 1 is 1.26 bits per heavy atom. The summed E-state index contributed by atoms with van der Waals surface area (Å²) < 4.78 is 32.5. The van der Waals surface area contributed by atoms with Crippen LogP contribution in [0.2, 0.25) is 0 Å². The van der Waals surface area contributed by atoms with Crippen LogP contribution < -0.4 is 5.32 Å². The first kappa shape index (κ1) is 16.1. The maximum Gasteiger partial charge on any atom is 0.162 e. The van der Waals surface area contributed by atoms with Gasteiger partial charge in [-0.3, -0.25) is 0 Å². The van der Waals surface area contributed by atoms with Crippen molar-refractivity contribution >= 4 is 0 Å². The van der Waals surface area contributed by atoms with Crippen LogP contribution in [0.4, 0.5) is 8.78 Å². The van der Waals surface area contributed by atoms with E-state index in [4.69, 9.17) is 4.74 Å². The van der Waals surface area contributed by atoms with E-state index in [0.717, 1.165) is 12.6 Å². The molecule has 2 nitrogen and oxygen atoms in total. The van der Waals surface area contributed by atoms with Crippen LogP contribution in [0, 0.1) is 11.6 Å². The predicted octanol–water partition coefficient (Wildman–Crippen LogP) is 3.30. The van der Waals surface area contributed by atoms with Crippen molar-refractivity contribution in [3.05, 3.63) is 35.4 Å². The molecule has 0 amide bonds.